The molecule has 0 heterocycles. The van der Waals surface area contributed by atoms with E-state index in [0.717, 1.165) is 22.8 Å². The zero-order chi connectivity index (χ0) is 21.1. The minimum Gasteiger partial charge on any atom is -0.347 e. The number of unbranched alkanes of at least 4 members (excludes halogenated alkanes) is 1. The van der Waals surface area contributed by atoms with Gasteiger partial charge in [-0.2, -0.15) is 39.5 Å². The number of benzene rings is 1. The highest BCUT2D eigenvalue weighted by molar-refractivity contribution is 5.77. The van der Waals surface area contributed by atoms with Crippen molar-refractivity contribution in [2.45, 2.75) is 50.4 Å². The number of nitrogens with one attached hydrogen (secondary N) is 2. The molecule has 1 rings (SSSR count). The number of anilines is 1. The van der Waals surface area contributed by atoms with Crippen LogP contribution in [0.3, 0.4) is 0 Å². The minimum atomic E-state index is -6.19. The smallest absolute Gasteiger partial charge is 0.347 e. The molecule has 12 heteroatoms. The molecule has 0 spiro atoms. The molecule has 0 unspecified atom stereocenters. The summed E-state index contributed by atoms with van der Waals surface area (Å²) in [5.41, 5.74) is -8.31. The van der Waals surface area contributed by atoms with Crippen molar-refractivity contribution in [2.75, 3.05) is 5.32 Å². The number of amides is 1. The summed E-state index contributed by atoms with van der Waals surface area (Å²) in [5.74, 6) is -1.61. The maximum absolute atomic E-state index is 13.4. The van der Waals surface area contributed by atoms with Crippen LogP contribution in [0.25, 0.3) is 0 Å². The molecule has 2 N–H and O–H groups in total. The molecule has 0 aliphatic rings. The molecule has 3 nitrogen and oxygen atoms in total. The van der Waals surface area contributed by atoms with Crippen LogP contribution in [0.15, 0.2) is 24.3 Å². The first-order valence-electron chi connectivity index (χ1n) is 7.54. The Bertz CT molecular complexity index is 636. The van der Waals surface area contributed by atoms with Crippen molar-refractivity contribution in [1.29, 1.82) is 0 Å². The summed E-state index contributed by atoms with van der Waals surface area (Å²) in [6.07, 6.45) is -18.0. The van der Waals surface area contributed by atoms with E-state index >= 15 is 0 Å². The van der Waals surface area contributed by atoms with Crippen LogP contribution in [0.1, 0.15) is 31.7 Å². The van der Waals surface area contributed by atoms with Crippen molar-refractivity contribution >= 4 is 11.6 Å². The van der Waals surface area contributed by atoms with E-state index in [9.17, 15) is 44.3 Å². The number of hydrogen-bond acceptors (Lipinski definition) is 2. The maximum atomic E-state index is 13.4. The summed E-state index contributed by atoms with van der Waals surface area (Å²) in [6, 6.07) is 2.36. The summed E-state index contributed by atoms with van der Waals surface area (Å²) in [6.45, 7) is 1.55. The topological polar surface area (TPSA) is 41.1 Å². The first kappa shape index (κ1) is 22.9. The third-order valence-electron chi connectivity index (χ3n) is 3.49. The van der Waals surface area contributed by atoms with Gasteiger partial charge in [-0.1, -0.05) is 25.5 Å². The molecular weight excluding hydrogens is 395 g/mol. The lowest BCUT2D eigenvalue weighted by molar-refractivity contribution is -0.296. The fraction of sp³-hybridized carbons (Fsp3) is 0.533. The molecule has 0 aliphatic heterocycles. The minimum absolute atomic E-state index is 0.00321. The summed E-state index contributed by atoms with van der Waals surface area (Å²) < 4.78 is 119. The Labute approximate surface area is 147 Å². The molecule has 0 bridgehead atoms. The standard InChI is InChI=1S/C15H15F9N2O/c1-2-3-8-11(27)26-13(14(19,20)21,15(22,23)24)25-10-7-5-4-6-9(10)12(16,17)18/h4-7,25H,2-3,8H2,1H3,(H,26,27). The average molecular weight is 410 g/mol. The Balaban J connectivity index is 3.50. The highest BCUT2D eigenvalue weighted by Gasteiger charge is 2.72. The molecule has 0 fully saturated rings. The van der Waals surface area contributed by atoms with Crippen molar-refractivity contribution in [3.63, 3.8) is 0 Å². The number of carbonyl (C=O) groups excluding carboxylic acids is 1. The Hall–Kier alpha value is -2.14. The largest absolute Gasteiger partial charge is 0.439 e. The van der Waals surface area contributed by atoms with Gasteiger partial charge in [0.25, 0.3) is 0 Å². The van der Waals surface area contributed by atoms with Crippen LogP contribution in [-0.4, -0.2) is 23.9 Å². The Morgan fingerprint density at radius 1 is 0.926 bits per heavy atom. The summed E-state index contributed by atoms with van der Waals surface area (Å²) in [4.78, 5) is 11.6. The van der Waals surface area contributed by atoms with Gasteiger partial charge in [0.05, 0.1) is 5.56 Å². The van der Waals surface area contributed by atoms with Crippen LogP contribution >= 0.6 is 0 Å². The lowest BCUT2D eigenvalue weighted by Crippen LogP contribution is -2.72. The molecule has 0 saturated heterocycles. The summed E-state index contributed by atoms with van der Waals surface area (Å²) in [5, 5.41) is 1.66. The lowest BCUT2D eigenvalue weighted by Gasteiger charge is -2.39. The molecule has 0 saturated carbocycles. The van der Waals surface area contributed by atoms with Crippen LogP contribution in [0.4, 0.5) is 45.2 Å². The third-order valence-corrected chi connectivity index (χ3v) is 3.49. The van der Waals surface area contributed by atoms with Gasteiger partial charge >= 0.3 is 24.2 Å². The Kier molecular flexibility index (Phi) is 6.66. The van der Waals surface area contributed by atoms with Gasteiger partial charge in [-0.3, -0.25) is 4.79 Å². The summed E-state index contributed by atoms with van der Waals surface area (Å²) in [7, 11) is 0. The van der Waals surface area contributed by atoms with Crippen LogP contribution < -0.4 is 10.6 Å². The number of para-hydroxylation sites is 1. The van der Waals surface area contributed by atoms with E-state index in [-0.39, 0.29) is 6.42 Å². The van der Waals surface area contributed by atoms with Gasteiger partial charge in [0.15, 0.2) is 0 Å². The van der Waals surface area contributed by atoms with E-state index in [1.807, 2.05) is 0 Å². The predicted molar refractivity (Wildman–Crippen MR) is 77.6 cm³/mol. The SMILES string of the molecule is CCCCC(=O)NC(Nc1ccccc1C(F)(F)F)(C(F)(F)F)C(F)(F)F. The second kappa shape index (κ2) is 7.85. The Morgan fingerprint density at radius 2 is 1.44 bits per heavy atom. The van der Waals surface area contributed by atoms with Gasteiger partial charge in [0.1, 0.15) is 0 Å². The molecule has 1 aromatic rings. The number of rotatable bonds is 6. The van der Waals surface area contributed by atoms with Gasteiger partial charge < -0.3 is 10.6 Å². The van der Waals surface area contributed by atoms with Crippen molar-refractivity contribution in [3.8, 4) is 0 Å². The van der Waals surface area contributed by atoms with Crippen LogP contribution in [-0.2, 0) is 11.0 Å². The van der Waals surface area contributed by atoms with E-state index in [1.54, 1.807) is 6.92 Å². The van der Waals surface area contributed by atoms with Crippen LogP contribution in [0, 0.1) is 0 Å². The molecule has 1 aromatic carbocycles. The third kappa shape index (κ3) is 5.19. The zero-order valence-electron chi connectivity index (χ0n) is 13.7. The van der Waals surface area contributed by atoms with Gasteiger partial charge in [0.2, 0.25) is 5.91 Å². The zero-order valence-corrected chi connectivity index (χ0v) is 13.7. The van der Waals surface area contributed by atoms with Crippen molar-refractivity contribution in [3.05, 3.63) is 29.8 Å². The average Bonchev–Trinajstić information content (AvgIpc) is 2.49. The molecule has 0 atom stereocenters. The number of carbonyl (C=O) groups is 1. The number of hydrogen-bond donors (Lipinski definition) is 2. The van der Waals surface area contributed by atoms with E-state index in [4.69, 9.17) is 0 Å². The fourth-order valence-electron chi connectivity index (χ4n) is 2.13. The van der Waals surface area contributed by atoms with Gasteiger partial charge in [0, 0.05) is 12.1 Å². The molecule has 154 valence electrons. The van der Waals surface area contributed by atoms with E-state index in [0.29, 0.717) is 18.6 Å². The maximum Gasteiger partial charge on any atom is 0.439 e. The first-order valence-corrected chi connectivity index (χ1v) is 7.54. The second-order valence-electron chi connectivity index (χ2n) is 5.57. The van der Waals surface area contributed by atoms with E-state index < -0.39 is 47.8 Å². The van der Waals surface area contributed by atoms with E-state index in [2.05, 4.69) is 0 Å². The quantitative estimate of drug-likeness (QED) is 0.497. The van der Waals surface area contributed by atoms with Gasteiger partial charge in [-0.05, 0) is 18.6 Å². The van der Waals surface area contributed by atoms with Crippen LogP contribution in [0.2, 0.25) is 0 Å². The predicted octanol–water partition coefficient (Wildman–Crippen LogP) is 5.24. The number of halogens is 9. The molecule has 1 amide bonds. The monoisotopic (exact) mass is 410 g/mol. The normalized spacial score (nSPS) is 13.4. The number of alkyl halides is 9. The van der Waals surface area contributed by atoms with Crippen molar-refractivity contribution in [1.82, 2.24) is 5.32 Å². The van der Waals surface area contributed by atoms with E-state index in [1.165, 1.54) is 0 Å². The van der Waals surface area contributed by atoms with Crippen LogP contribution in [0.5, 0.6) is 0 Å². The first-order chi connectivity index (χ1) is 12.2. The molecule has 0 aromatic heterocycles. The Morgan fingerprint density at radius 3 is 1.89 bits per heavy atom. The van der Waals surface area contributed by atoms with Gasteiger partial charge in [-0.25, -0.2) is 0 Å². The molecule has 0 aliphatic carbocycles. The summed E-state index contributed by atoms with van der Waals surface area (Å²) >= 11 is 0. The molecule has 0 radical (unpaired) electrons. The second-order valence-corrected chi connectivity index (χ2v) is 5.57. The van der Waals surface area contributed by atoms with Gasteiger partial charge in [-0.15, -0.1) is 0 Å². The highest BCUT2D eigenvalue weighted by Crippen LogP contribution is 2.45. The van der Waals surface area contributed by atoms with Crippen molar-refractivity contribution in [2.24, 2.45) is 0 Å². The highest BCUT2D eigenvalue weighted by atomic mass is 19.4. The van der Waals surface area contributed by atoms with Crippen molar-refractivity contribution < 1.29 is 44.3 Å². The molecule has 27 heavy (non-hydrogen) atoms. The molecular formula is C15H15F9N2O. The lowest BCUT2D eigenvalue weighted by atomic mass is 10.1. The fourth-order valence-corrected chi connectivity index (χ4v) is 2.13.